The predicted octanol–water partition coefficient (Wildman–Crippen LogP) is 2.99. The topological polar surface area (TPSA) is 93.2 Å². The molecule has 1 aliphatic rings. The summed E-state index contributed by atoms with van der Waals surface area (Å²) in [4.78, 5) is 23.7. The number of nitrogens with two attached hydrogens (primary N) is 1. The van der Waals surface area contributed by atoms with E-state index >= 15 is 0 Å². The molecule has 0 radical (unpaired) electrons. The molecular formula is C26H31N5O2S. The molecule has 2 heterocycles. The predicted molar refractivity (Wildman–Crippen MR) is 139 cm³/mol. The normalized spacial score (nSPS) is 16.1. The van der Waals surface area contributed by atoms with Crippen LogP contribution < -0.4 is 11.1 Å². The first kappa shape index (κ1) is 25.4. The highest BCUT2D eigenvalue weighted by atomic mass is 32.1. The highest BCUT2D eigenvalue weighted by Gasteiger charge is 2.20. The van der Waals surface area contributed by atoms with E-state index in [2.05, 4.69) is 65.3 Å². The maximum atomic E-state index is 10.8. The molecule has 1 fully saturated rings. The van der Waals surface area contributed by atoms with Gasteiger partial charge in [0.25, 0.3) is 0 Å². The Hall–Kier alpha value is -3.20. The number of carbonyl (C=O) groups excluding carboxylic acids is 2. The van der Waals surface area contributed by atoms with E-state index < -0.39 is 5.91 Å². The first-order valence-electron chi connectivity index (χ1n) is 11.2. The first-order chi connectivity index (χ1) is 16.5. The summed E-state index contributed by atoms with van der Waals surface area (Å²) in [6, 6.07) is 19.0. The lowest BCUT2D eigenvalue weighted by Gasteiger charge is -2.15. The number of benzene rings is 2. The lowest BCUT2D eigenvalue weighted by Crippen LogP contribution is -2.29. The van der Waals surface area contributed by atoms with Crippen LogP contribution in [0.5, 0.6) is 0 Å². The van der Waals surface area contributed by atoms with Crippen LogP contribution >= 0.6 is 12.6 Å². The van der Waals surface area contributed by atoms with Gasteiger partial charge in [0.1, 0.15) is 6.29 Å². The fraction of sp³-hybridized carbons (Fsp3) is 0.269. The summed E-state index contributed by atoms with van der Waals surface area (Å²) in [7, 11) is 2.05. The van der Waals surface area contributed by atoms with Crippen molar-refractivity contribution in [1.82, 2.24) is 20.0 Å². The molecule has 1 saturated heterocycles. The van der Waals surface area contributed by atoms with Crippen LogP contribution in [0, 0.1) is 0 Å². The SMILES string of the molecule is CNC1CCN(Cc2ccccc2)C1.NC(=O)/C=C(\S)n1cc(-c2ccc(CC=O)cc2)cn1. The second-order valence-electron chi connectivity index (χ2n) is 8.14. The molecule has 0 aliphatic carbocycles. The lowest BCUT2D eigenvalue weighted by atomic mass is 10.1. The number of aldehydes is 1. The molecule has 34 heavy (non-hydrogen) atoms. The number of thiol groups is 1. The summed E-state index contributed by atoms with van der Waals surface area (Å²) in [6.07, 6.45) is 7.16. The van der Waals surface area contributed by atoms with Crippen molar-refractivity contribution in [2.75, 3.05) is 20.1 Å². The molecule has 0 bridgehead atoms. The third kappa shape index (κ3) is 7.69. The number of aromatic nitrogens is 2. The van der Waals surface area contributed by atoms with Crippen LogP contribution in [0.25, 0.3) is 16.2 Å². The fourth-order valence-electron chi connectivity index (χ4n) is 3.77. The molecule has 2 aromatic carbocycles. The number of nitrogens with one attached hydrogen (secondary N) is 1. The number of likely N-dealkylation sites (N-methyl/N-ethyl adjacent to an activating group) is 1. The molecule has 3 aromatic rings. The number of carbonyl (C=O) groups is 2. The van der Waals surface area contributed by atoms with Gasteiger partial charge >= 0.3 is 0 Å². The number of hydrogen-bond acceptors (Lipinski definition) is 6. The van der Waals surface area contributed by atoms with Gasteiger partial charge in [-0.15, -0.1) is 12.6 Å². The average Bonchev–Trinajstić information content (AvgIpc) is 3.51. The van der Waals surface area contributed by atoms with Crippen LogP contribution in [0.3, 0.4) is 0 Å². The molecule has 3 N–H and O–H groups in total. The van der Waals surface area contributed by atoms with E-state index in [9.17, 15) is 9.59 Å². The van der Waals surface area contributed by atoms with Gasteiger partial charge in [-0.05, 0) is 30.2 Å². The Morgan fingerprint density at radius 3 is 2.50 bits per heavy atom. The van der Waals surface area contributed by atoms with E-state index in [1.165, 1.54) is 35.8 Å². The quantitative estimate of drug-likeness (QED) is 0.264. The van der Waals surface area contributed by atoms with Crippen molar-refractivity contribution in [2.45, 2.75) is 25.4 Å². The minimum atomic E-state index is -0.578. The van der Waals surface area contributed by atoms with Gasteiger partial charge in [-0.25, -0.2) is 4.68 Å². The highest BCUT2D eigenvalue weighted by Crippen LogP contribution is 2.21. The van der Waals surface area contributed by atoms with E-state index in [4.69, 9.17) is 5.73 Å². The maximum Gasteiger partial charge on any atom is 0.244 e. The van der Waals surface area contributed by atoms with Crippen LogP contribution in [-0.2, 0) is 22.6 Å². The Bertz CT molecular complexity index is 1100. The lowest BCUT2D eigenvalue weighted by molar-refractivity contribution is -0.113. The Morgan fingerprint density at radius 2 is 1.88 bits per heavy atom. The summed E-state index contributed by atoms with van der Waals surface area (Å²) in [6.45, 7) is 3.50. The van der Waals surface area contributed by atoms with Crippen molar-refractivity contribution in [3.63, 3.8) is 0 Å². The number of nitrogens with zero attached hydrogens (tertiary/aromatic N) is 3. The van der Waals surface area contributed by atoms with E-state index in [0.29, 0.717) is 17.5 Å². The summed E-state index contributed by atoms with van der Waals surface area (Å²) in [5.41, 5.74) is 9.28. The standard InChI is InChI=1S/C14H13N3O2S.C12H18N2/c15-13(19)7-14(20)17-9-12(8-16-17)11-3-1-10(2-4-11)5-6-18;1-13-12-7-8-14(10-12)9-11-5-3-2-4-6-11/h1-4,6-9,20H,5H2,(H2,15,19);2-6,12-13H,7-10H2,1H3/b14-7-;. The smallest absolute Gasteiger partial charge is 0.244 e. The number of primary amides is 1. The zero-order valence-electron chi connectivity index (χ0n) is 19.3. The van der Waals surface area contributed by atoms with Crippen molar-refractivity contribution in [1.29, 1.82) is 0 Å². The van der Waals surface area contributed by atoms with Gasteiger partial charge in [0, 0.05) is 49.9 Å². The summed E-state index contributed by atoms with van der Waals surface area (Å²) >= 11 is 4.15. The third-order valence-electron chi connectivity index (χ3n) is 5.62. The first-order valence-corrected chi connectivity index (χ1v) is 11.6. The Labute approximate surface area is 206 Å². The molecule has 8 heteroatoms. The van der Waals surface area contributed by atoms with E-state index in [-0.39, 0.29) is 0 Å². The largest absolute Gasteiger partial charge is 0.366 e. The number of amides is 1. The summed E-state index contributed by atoms with van der Waals surface area (Å²) in [5.74, 6) is -0.578. The molecule has 4 rings (SSSR count). The van der Waals surface area contributed by atoms with Crippen LogP contribution in [-0.4, -0.2) is 53.1 Å². The number of rotatable bonds is 8. The van der Waals surface area contributed by atoms with Gasteiger partial charge in [-0.1, -0.05) is 54.6 Å². The van der Waals surface area contributed by atoms with Gasteiger partial charge in [0.05, 0.1) is 11.2 Å². The minimum absolute atomic E-state index is 0.348. The van der Waals surface area contributed by atoms with Crippen LogP contribution in [0.15, 0.2) is 73.1 Å². The van der Waals surface area contributed by atoms with Crippen molar-refractivity contribution in [3.05, 3.63) is 84.2 Å². The van der Waals surface area contributed by atoms with Gasteiger partial charge in [0.15, 0.2) is 0 Å². The summed E-state index contributed by atoms with van der Waals surface area (Å²) in [5, 5.41) is 7.80. The molecule has 1 unspecified atom stereocenters. The van der Waals surface area contributed by atoms with Crippen molar-refractivity contribution in [3.8, 4) is 11.1 Å². The van der Waals surface area contributed by atoms with E-state index in [1.54, 1.807) is 12.4 Å². The zero-order valence-corrected chi connectivity index (χ0v) is 20.2. The number of hydrogen-bond donors (Lipinski definition) is 3. The molecule has 1 aliphatic heterocycles. The molecule has 1 aromatic heterocycles. The maximum absolute atomic E-state index is 10.8. The monoisotopic (exact) mass is 477 g/mol. The second-order valence-corrected chi connectivity index (χ2v) is 8.60. The Kier molecular flexibility index (Phi) is 9.63. The minimum Gasteiger partial charge on any atom is -0.366 e. The molecule has 1 atom stereocenters. The Balaban J connectivity index is 0.000000202. The second kappa shape index (κ2) is 12.9. The van der Waals surface area contributed by atoms with E-state index in [0.717, 1.165) is 29.5 Å². The van der Waals surface area contributed by atoms with E-state index in [1.807, 2.05) is 24.3 Å². The third-order valence-corrected chi connectivity index (χ3v) is 5.96. The highest BCUT2D eigenvalue weighted by molar-refractivity contribution is 7.90. The molecule has 1 amide bonds. The van der Waals surface area contributed by atoms with Crippen LogP contribution in [0.2, 0.25) is 0 Å². The van der Waals surface area contributed by atoms with Crippen molar-refractivity contribution < 1.29 is 9.59 Å². The van der Waals surface area contributed by atoms with Crippen LogP contribution in [0.1, 0.15) is 17.5 Å². The van der Waals surface area contributed by atoms with Gasteiger partial charge in [-0.3, -0.25) is 9.69 Å². The molecular weight excluding hydrogens is 446 g/mol. The zero-order chi connectivity index (χ0) is 24.3. The molecule has 7 nitrogen and oxygen atoms in total. The van der Waals surface area contributed by atoms with Crippen molar-refractivity contribution in [2.24, 2.45) is 5.73 Å². The molecule has 0 saturated carbocycles. The average molecular weight is 478 g/mol. The van der Waals surface area contributed by atoms with Crippen molar-refractivity contribution >= 4 is 29.9 Å². The number of likely N-dealkylation sites (tertiary alicyclic amines) is 1. The Morgan fingerprint density at radius 1 is 1.15 bits per heavy atom. The van der Waals surface area contributed by atoms with Gasteiger partial charge in [0.2, 0.25) is 5.91 Å². The fourth-order valence-corrected chi connectivity index (χ4v) is 4.01. The molecule has 0 spiro atoms. The van der Waals surface area contributed by atoms with Gasteiger partial charge in [-0.2, -0.15) is 5.10 Å². The summed E-state index contributed by atoms with van der Waals surface area (Å²) < 4.78 is 1.46. The van der Waals surface area contributed by atoms with Gasteiger partial charge < -0.3 is 15.8 Å². The molecule has 178 valence electrons. The van der Waals surface area contributed by atoms with Crippen LogP contribution in [0.4, 0.5) is 0 Å².